The Morgan fingerprint density at radius 1 is 1.19 bits per heavy atom. The van der Waals surface area contributed by atoms with E-state index in [9.17, 15) is 9.59 Å². The standard InChI is InChI=1S/C23H20ClN3O2S2/c1-15-13-17(7-8-18(15)24)27-22(29)21-19(10-12-30-21)26-23(27)31-14-20(28)25-11-9-16-5-3-2-4-6-16/h2-8,10,12-13H,9,11,14H2,1H3,(H,25,28). The monoisotopic (exact) mass is 469 g/mol. The number of nitrogens with zero attached hydrogens (tertiary/aromatic N) is 2. The molecular formula is C23H20ClN3O2S2. The fourth-order valence-electron chi connectivity index (χ4n) is 3.16. The van der Waals surface area contributed by atoms with E-state index in [0.717, 1.165) is 12.0 Å². The van der Waals surface area contributed by atoms with Crippen molar-refractivity contribution in [3.05, 3.63) is 86.5 Å². The van der Waals surface area contributed by atoms with Gasteiger partial charge in [0.1, 0.15) is 4.70 Å². The number of carbonyl (C=O) groups is 1. The second kappa shape index (κ2) is 9.68. The van der Waals surface area contributed by atoms with Crippen LogP contribution in [-0.2, 0) is 11.2 Å². The number of hydrogen-bond donors (Lipinski definition) is 1. The Hall–Kier alpha value is -2.61. The molecule has 1 amide bonds. The third-order valence-electron chi connectivity index (χ3n) is 4.76. The van der Waals surface area contributed by atoms with Gasteiger partial charge in [-0.25, -0.2) is 4.98 Å². The van der Waals surface area contributed by atoms with Gasteiger partial charge in [-0.05, 0) is 54.1 Å². The highest BCUT2D eigenvalue weighted by molar-refractivity contribution is 7.99. The summed E-state index contributed by atoms with van der Waals surface area (Å²) in [5.41, 5.74) is 3.22. The van der Waals surface area contributed by atoms with Gasteiger partial charge in [-0.3, -0.25) is 14.2 Å². The first-order valence-corrected chi connectivity index (χ1v) is 12.0. The molecule has 2 aromatic carbocycles. The molecule has 2 heterocycles. The maximum atomic E-state index is 13.2. The molecule has 31 heavy (non-hydrogen) atoms. The van der Waals surface area contributed by atoms with Crippen LogP contribution < -0.4 is 10.9 Å². The number of amides is 1. The van der Waals surface area contributed by atoms with Gasteiger partial charge in [-0.15, -0.1) is 11.3 Å². The molecule has 0 atom stereocenters. The molecule has 0 aliphatic heterocycles. The molecular weight excluding hydrogens is 450 g/mol. The zero-order valence-electron chi connectivity index (χ0n) is 16.8. The summed E-state index contributed by atoms with van der Waals surface area (Å²) in [6, 6.07) is 17.2. The Balaban J connectivity index is 1.53. The van der Waals surface area contributed by atoms with Crippen LogP contribution in [0.4, 0.5) is 0 Å². The molecule has 0 spiro atoms. The number of aryl methyl sites for hydroxylation is 1. The summed E-state index contributed by atoms with van der Waals surface area (Å²) in [5.74, 6) is 0.0723. The Morgan fingerprint density at radius 2 is 2.00 bits per heavy atom. The minimum Gasteiger partial charge on any atom is -0.355 e. The molecule has 8 heteroatoms. The van der Waals surface area contributed by atoms with Gasteiger partial charge in [-0.1, -0.05) is 53.7 Å². The number of hydrogen-bond acceptors (Lipinski definition) is 5. The Labute approximate surface area is 193 Å². The van der Waals surface area contributed by atoms with Crippen LogP contribution in [0.2, 0.25) is 5.02 Å². The van der Waals surface area contributed by atoms with Gasteiger partial charge in [0.2, 0.25) is 5.91 Å². The second-order valence-corrected chi connectivity index (χ2v) is 9.24. The van der Waals surface area contributed by atoms with Crippen molar-refractivity contribution < 1.29 is 4.79 Å². The van der Waals surface area contributed by atoms with Crippen molar-refractivity contribution in [3.8, 4) is 5.69 Å². The lowest BCUT2D eigenvalue weighted by atomic mass is 10.1. The number of nitrogens with one attached hydrogen (secondary N) is 1. The molecule has 0 aliphatic carbocycles. The van der Waals surface area contributed by atoms with Crippen molar-refractivity contribution in [2.24, 2.45) is 0 Å². The van der Waals surface area contributed by atoms with Gasteiger partial charge in [-0.2, -0.15) is 0 Å². The fraction of sp³-hybridized carbons (Fsp3) is 0.174. The van der Waals surface area contributed by atoms with Gasteiger partial charge < -0.3 is 5.32 Å². The predicted octanol–water partition coefficient (Wildman–Crippen LogP) is 4.86. The van der Waals surface area contributed by atoms with E-state index in [1.165, 1.54) is 28.7 Å². The van der Waals surface area contributed by atoms with E-state index in [4.69, 9.17) is 11.6 Å². The number of thioether (sulfide) groups is 1. The lowest BCUT2D eigenvalue weighted by molar-refractivity contribution is -0.118. The fourth-order valence-corrected chi connectivity index (χ4v) is 4.88. The highest BCUT2D eigenvalue weighted by Gasteiger charge is 2.16. The number of thiophene rings is 1. The molecule has 0 unspecified atom stereocenters. The maximum absolute atomic E-state index is 13.2. The van der Waals surface area contributed by atoms with Crippen LogP contribution in [-0.4, -0.2) is 27.8 Å². The van der Waals surface area contributed by atoms with Gasteiger partial charge in [0, 0.05) is 11.6 Å². The highest BCUT2D eigenvalue weighted by atomic mass is 35.5. The SMILES string of the molecule is Cc1cc(-n2c(SCC(=O)NCCc3ccccc3)nc3ccsc3c2=O)ccc1Cl. The van der Waals surface area contributed by atoms with Crippen LogP contribution in [0.3, 0.4) is 0 Å². The van der Waals surface area contributed by atoms with Gasteiger partial charge in [0.25, 0.3) is 5.56 Å². The largest absolute Gasteiger partial charge is 0.355 e. The molecule has 0 saturated heterocycles. The summed E-state index contributed by atoms with van der Waals surface area (Å²) in [7, 11) is 0. The van der Waals surface area contributed by atoms with Crippen molar-refractivity contribution in [2.75, 3.05) is 12.3 Å². The second-order valence-electron chi connectivity index (χ2n) is 6.98. The van der Waals surface area contributed by atoms with Gasteiger partial charge in [0.15, 0.2) is 5.16 Å². The summed E-state index contributed by atoms with van der Waals surface area (Å²) < 4.78 is 2.15. The number of halogens is 1. The molecule has 0 saturated carbocycles. The van der Waals surface area contributed by atoms with Crippen LogP contribution in [0.15, 0.2) is 69.9 Å². The lowest BCUT2D eigenvalue weighted by Crippen LogP contribution is -2.28. The molecule has 0 bridgehead atoms. The zero-order chi connectivity index (χ0) is 21.8. The molecule has 2 aromatic heterocycles. The predicted molar refractivity (Wildman–Crippen MR) is 129 cm³/mol. The quantitative estimate of drug-likeness (QED) is 0.310. The van der Waals surface area contributed by atoms with E-state index in [1.807, 2.05) is 54.8 Å². The normalized spacial score (nSPS) is 11.0. The van der Waals surface area contributed by atoms with Crippen LogP contribution in [0.1, 0.15) is 11.1 Å². The first-order chi connectivity index (χ1) is 15.0. The van der Waals surface area contributed by atoms with E-state index in [1.54, 1.807) is 16.7 Å². The molecule has 0 radical (unpaired) electrons. The van der Waals surface area contributed by atoms with E-state index >= 15 is 0 Å². The first kappa shape index (κ1) is 21.6. The number of fused-ring (bicyclic) bond motifs is 1. The molecule has 4 rings (SSSR count). The summed E-state index contributed by atoms with van der Waals surface area (Å²) >= 11 is 8.77. The molecule has 1 N–H and O–H groups in total. The minimum atomic E-state index is -0.145. The number of aromatic nitrogens is 2. The number of carbonyl (C=O) groups excluding carboxylic acids is 1. The average Bonchev–Trinajstić information content (AvgIpc) is 3.24. The Bertz CT molecular complexity index is 1290. The maximum Gasteiger partial charge on any atom is 0.276 e. The average molecular weight is 470 g/mol. The third-order valence-corrected chi connectivity index (χ3v) is 7.01. The van der Waals surface area contributed by atoms with Crippen LogP contribution in [0.5, 0.6) is 0 Å². The summed E-state index contributed by atoms with van der Waals surface area (Å²) in [6.45, 7) is 2.45. The third kappa shape index (κ3) is 5.01. The first-order valence-electron chi connectivity index (χ1n) is 9.73. The Morgan fingerprint density at radius 3 is 2.77 bits per heavy atom. The summed E-state index contributed by atoms with van der Waals surface area (Å²) in [5, 5.41) is 5.90. The van der Waals surface area contributed by atoms with Gasteiger partial charge in [0.05, 0.1) is 17.0 Å². The smallest absolute Gasteiger partial charge is 0.276 e. The van der Waals surface area contributed by atoms with Crippen LogP contribution >= 0.6 is 34.7 Å². The van der Waals surface area contributed by atoms with Crippen LogP contribution in [0, 0.1) is 6.92 Å². The zero-order valence-corrected chi connectivity index (χ0v) is 19.2. The molecule has 4 aromatic rings. The van der Waals surface area contributed by atoms with E-state index in [-0.39, 0.29) is 17.2 Å². The Kier molecular flexibility index (Phi) is 6.75. The number of rotatable bonds is 7. The van der Waals surface area contributed by atoms with E-state index in [2.05, 4.69) is 10.3 Å². The van der Waals surface area contributed by atoms with E-state index in [0.29, 0.717) is 32.6 Å². The van der Waals surface area contributed by atoms with Crippen LogP contribution in [0.25, 0.3) is 15.9 Å². The van der Waals surface area contributed by atoms with Crippen molar-refractivity contribution in [2.45, 2.75) is 18.5 Å². The van der Waals surface area contributed by atoms with Gasteiger partial charge >= 0.3 is 0 Å². The van der Waals surface area contributed by atoms with E-state index < -0.39 is 0 Å². The molecule has 0 fully saturated rings. The molecule has 158 valence electrons. The minimum absolute atomic E-state index is 0.0977. The summed E-state index contributed by atoms with van der Waals surface area (Å²) in [6.07, 6.45) is 0.769. The molecule has 5 nitrogen and oxygen atoms in total. The summed E-state index contributed by atoms with van der Waals surface area (Å²) in [4.78, 5) is 30.2. The molecule has 0 aliphatic rings. The van der Waals surface area contributed by atoms with Crippen molar-refractivity contribution >= 4 is 50.8 Å². The van der Waals surface area contributed by atoms with Crippen molar-refractivity contribution in [1.29, 1.82) is 0 Å². The highest BCUT2D eigenvalue weighted by Crippen LogP contribution is 2.25. The number of benzene rings is 2. The lowest BCUT2D eigenvalue weighted by Gasteiger charge is -2.13. The van der Waals surface area contributed by atoms with Crippen molar-refractivity contribution in [1.82, 2.24) is 14.9 Å². The topological polar surface area (TPSA) is 64.0 Å². The van der Waals surface area contributed by atoms with Crippen molar-refractivity contribution in [3.63, 3.8) is 0 Å².